The van der Waals surface area contributed by atoms with Crippen LogP contribution in [0.1, 0.15) is 37.3 Å². The quantitative estimate of drug-likeness (QED) is 0.446. The van der Waals surface area contributed by atoms with E-state index in [4.69, 9.17) is 14.2 Å². The molecule has 0 aromatic carbocycles. The molecule has 0 bridgehead atoms. The summed E-state index contributed by atoms with van der Waals surface area (Å²) in [5.41, 5.74) is 2.45. The fraction of sp³-hybridized carbons (Fsp3) is 0.318. The van der Waals surface area contributed by atoms with E-state index in [-0.39, 0.29) is 6.04 Å². The predicted molar refractivity (Wildman–Crippen MR) is 119 cm³/mol. The van der Waals surface area contributed by atoms with E-state index < -0.39 is 0 Å². The van der Waals surface area contributed by atoms with Gasteiger partial charge in [-0.15, -0.1) is 0 Å². The van der Waals surface area contributed by atoms with Crippen LogP contribution < -0.4 is 15.0 Å². The van der Waals surface area contributed by atoms with Gasteiger partial charge in [-0.2, -0.15) is 15.1 Å². The molecule has 0 saturated carbocycles. The molecule has 1 atom stereocenters. The highest BCUT2D eigenvalue weighted by Crippen LogP contribution is 2.37. The average molecular weight is 432 g/mol. The summed E-state index contributed by atoms with van der Waals surface area (Å²) in [6.45, 7) is 5.19. The maximum absolute atomic E-state index is 5.71. The zero-order valence-corrected chi connectivity index (χ0v) is 17.9. The Labute approximate surface area is 185 Å². The summed E-state index contributed by atoms with van der Waals surface area (Å²) in [5, 5.41) is 14.6. The van der Waals surface area contributed by atoms with Crippen molar-refractivity contribution < 1.29 is 9.26 Å². The third-order valence-corrected chi connectivity index (χ3v) is 5.24. The standard InChI is InChI=1S/C22H24N8O2/c1-3-31-21-13-19(24-20-11-14(2)27-28-20)25-22(26-21)30-10-6-8-17(30)18-12-16(29-32-18)15-7-4-5-9-23-15/h4-5,7,9,11-13,17H,3,6,8,10H2,1-2H3,(H2,24,25,26,27,28). The second-order valence-electron chi connectivity index (χ2n) is 7.57. The number of rotatable bonds is 7. The van der Waals surface area contributed by atoms with Crippen molar-refractivity contribution in [3.8, 4) is 17.3 Å². The highest BCUT2D eigenvalue weighted by Gasteiger charge is 2.32. The first kappa shape index (κ1) is 20.0. The number of nitrogens with one attached hydrogen (secondary N) is 2. The molecule has 4 aromatic rings. The number of ether oxygens (including phenoxy) is 1. The molecule has 1 unspecified atom stereocenters. The van der Waals surface area contributed by atoms with Gasteiger partial charge in [0.1, 0.15) is 11.5 Å². The van der Waals surface area contributed by atoms with Crippen LogP contribution in [0.4, 0.5) is 17.6 Å². The van der Waals surface area contributed by atoms with Gasteiger partial charge in [0.05, 0.1) is 18.3 Å². The van der Waals surface area contributed by atoms with E-state index in [1.165, 1.54) is 0 Å². The van der Waals surface area contributed by atoms with Crippen molar-refractivity contribution >= 4 is 17.6 Å². The summed E-state index contributed by atoms with van der Waals surface area (Å²) in [5.74, 6) is 3.14. The molecular weight excluding hydrogens is 408 g/mol. The van der Waals surface area contributed by atoms with Crippen molar-refractivity contribution in [2.24, 2.45) is 0 Å². The first-order valence-corrected chi connectivity index (χ1v) is 10.6. The number of anilines is 3. The lowest BCUT2D eigenvalue weighted by atomic mass is 10.1. The fourth-order valence-corrected chi connectivity index (χ4v) is 3.82. The maximum Gasteiger partial charge on any atom is 0.231 e. The van der Waals surface area contributed by atoms with Crippen LogP contribution in [0, 0.1) is 6.92 Å². The maximum atomic E-state index is 5.71. The van der Waals surface area contributed by atoms with Crippen LogP contribution in [-0.2, 0) is 0 Å². The van der Waals surface area contributed by atoms with E-state index in [1.807, 2.05) is 44.2 Å². The number of aromatic amines is 1. The van der Waals surface area contributed by atoms with E-state index >= 15 is 0 Å². The van der Waals surface area contributed by atoms with Gasteiger partial charge in [0.2, 0.25) is 11.8 Å². The molecule has 0 aliphatic carbocycles. The third kappa shape index (κ3) is 4.11. The van der Waals surface area contributed by atoms with Gasteiger partial charge in [0, 0.05) is 36.6 Å². The van der Waals surface area contributed by atoms with Crippen LogP contribution in [-0.4, -0.2) is 43.5 Å². The fourth-order valence-electron chi connectivity index (χ4n) is 3.82. The SMILES string of the molecule is CCOc1cc(Nc2cc(C)[nH]n2)nc(N2CCCC2c2cc(-c3ccccn3)no2)n1. The highest BCUT2D eigenvalue weighted by atomic mass is 16.5. The normalized spacial score (nSPS) is 15.8. The van der Waals surface area contributed by atoms with Gasteiger partial charge in [0.15, 0.2) is 11.6 Å². The van der Waals surface area contributed by atoms with E-state index in [0.717, 1.165) is 36.5 Å². The van der Waals surface area contributed by atoms with E-state index in [2.05, 4.69) is 35.5 Å². The largest absolute Gasteiger partial charge is 0.478 e. The van der Waals surface area contributed by atoms with Crippen LogP contribution in [0.3, 0.4) is 0 Å². The summed E-state index contributed by atoms with van der Waals surface area (Å²) in [6.07, 6.45) is 3.65. The van der Waals surface area contributed by atoms with E-state index in [1.54, 1.807) is 12.3 Å². The lowest BCUT2D eigenvalue weighted by Gasteiger charge is -2.23. The van der Waals surface area contributed by atoms with Crippen LogP contribution in [0.15, 0.2) is 47.1 Å². The van der Waals surface area contributed by atoms with Crippen molar-refractivity contribution in [1.82, 2.24) is 30.3 Å². The summed E-state index contributed by atoms with van der Waals surface area (Å²) in [6, 6.07) is 11.3. The summed E-state index contributed by atoms with van der Waals surface area (Å²) in [7, 11) is 0. The van der Waals surface area contributed by atoms with Crippen molar-refractivity contribution in [3.05, 3.63) is 54.0 Å². The first-order chi connectivity index (χ1) is 15.7. The van der Waals surface area contributed by atoms with Crippen molar-refractivity contribution in [3.63, 3.8) is 0 Å². The molecule has 2 N–H and O–H groups in total. The molecule has 5 rings (SSSR count). The molecule has 4 aromatic heterocycles. The Morgan fingerprint density at radius 3 is 2.91 bits per heavy atom. The van der Waals surface area contributed by atoms with Gasteiger partial charge in [-0.3, -0.25) is 10.1 Å². The second kappa shape index (κ2) is 8.66. The first-order valence-electron chi connectivity index (χ1n) is 10.6. The second-order valence-corrected chi connectivity index (χ2v) is 7.57. The van der Waals surface area contributed by atoms with Crippen LogP contribution in [0.2, 0.25) is 0 Å². The van der Waals surface area contributed by atoms with Gasteiger partial charge in [-0.05, 0) is 38.8 Å². The van der Waals surface area contributed by atoms with Gasteiger partial charge >= 0.3 is 0 Å². The van der Waals surface area contributed by atoms with Gasteiger partial charge in [0.25, 0.3) is 0 Å². The van der Waals surface area contributed by atoms with Gasteiger partial charge in [-0.1, -0.05) is 11.2 Å². The molecule has 0 amide bonds. The predicted octanol–water partition coefficient (Wildman–Crippen LogP) is 4.04. The average Bonchev–Trinajstić information content (AvgIpc) is 3.55. The molecule has 0 radical (unpaired) electrons. The lowest BCUT2D eigenvalue weighted by Crippen LogP contribution is -2.25. The summed E-state index contributed by atoms with van der Waals surface area (Å²) in [4.78, 5) is 15.9. The molecule has 1 saturated heterocycles. The van der Waals surface area contributed by atoms with Crippen LogP contribution in [0.5, 0.6) is 5.88 Å². The highest BCUT2D eigenvalue weighted by molar-refractivity contribution is 5.57. The molecule has 1 aliphatic rings. The molecule has 10 nitrogen and oxygen atoms in total. The van der Waals surface area contributed by atoms with Crippen LogP contribution in [0.25, 0.3) is 11.4 Å². The smallest absolute Gasteiger partial charge is 0.231 e. The number of nitrogens with zero attached hydrogens (tertiary/aromatic N) is 6. The van der Waals surface area contributed by atoms with Crippen LogP contribution >= 0.6 is 0 Å². The number of aromatic nitrogens is 6. The van der Waals surface area contributed by atoms with Crippen molar-refractivity contribution in [2.45, 2.75) is 32.7 Å². The summed E-state index contributed by atoms with van der Waals surface area (Å²) >= 11 is 0. The minimum Gasteiger partial charge on any atom is -0.478 e. The Bertz CT molecular complexity index is 1190. The monoisotopic (exact) mass is 432 g/mol. The van der Waals surface area contributed by atoms with Crippen molar-refractivity contribution in [2.75, 3.05) is 23.4 Å². The zero-order chi connectivity index (χ0) is 21.9. The van der Waals surface area contributed by atoms with Gasteiger partial charge < -0.3 is 19.5 Å². The minimum atomic E-state index is -0.0164. The number of hydrogen-bond acceptors (Lipinski definition) is 9. The summed E-state index contributed by atoms with van der Waals surface area (Å²) < 4.78 is 11.4. The molecule has 1 aliphatic heterocycles. The molecule has 10 heteroatoms. The zero-order valence-electron chi connectivity index (χ0n) is 17.9. The molecule has 1 fully saturated rings. The molecular formula is C22H24N8O2. The van der Waals surface area contributed by atoms with E-state index in [0.29, 0.717) is 35.8 Å². The lowest BCUT2D eigenvalue weighted by molar-refractivity contribution is 0.325. The molecule has 32 heavy (non-hydrogen) atoms. The van der Waals surface area contributed by atoms with Crippen molar-refractivity contribution in [1.29, 1.82) is 0 Å². The topological polar surface area (TPSA) is 118 Å². The Morgan fingerprint density at radius 2 is 2.12 bits per heavy atom. The molecule has 0 spiro atoms. The van der Waals surface area contributed by atoms with Gasteiger partial charge in [-0.25, -0.2) is 0 Å². The Morgan fingerprint density at radius 1 is 1.19 bits per heavy atom. The molecule has 5 heterocycles. The number of aryl methyl sites for hydroxylation is 1. The number of pyridine rings is 1. The van der Waals surface area contributed by atoms with E-state index in [9.17, 15) is 0 Å². The number of H-pyrrole nitrogens is 1. The Balaban J connectivity index is 1.44. The Kier molecular flexibility index (Phi) is 5.40. The third-order valence-electron chi connectivity index (χ3n) is 5.24. The number of hydrogen-bond donors (Lipinski definition) is 2. The Hall–Kier alpha value is -3.95. The minimum absolute atomic E-state index is 0.0164. The molecule has 164 valence electrons.